The normalized spacial score (nSPS) is 10.6. The van der Waals surface area contributed by atoms with Gasteiger partial charge in [-0.15, -0.1) is 11.3 Å². The van der Waals surface area contributed by atoms with E-state index in [4.69, 9.17) is 5.11 Å². The molecular formula is C15H11N3O4S. The van der Waals surface area contributed by atoms with Crippen molar-refractivity contribution in [3.8, 4) is 16.3 Å². The molecule has 1 amide bonds. The molecule has 0 aliphatic rings. The number of phenolic OH excluding ortho intramolecular Hbond substituents is 1. The van der Waals surface area contributed by atoms with Gasteiger partial charge in [0.2, 0.25) is 0 Å². The Morgan fingerprint density at radius 2 is 2.09 bits per heavy atom. The quantitative estimate of drug-likeness (QED) is 0.673. The second-order valence-electron chi connectivity index (χ2n) is 4.64. The van der Waals surface area contributed by atoms with Gasteiger partial charge in [0.25, 0.3) is 5.91 Å². The molecule has 0 aliphatic carbocycles. The van der Waals surface area contributed by atoms with Crippen molar-refractivity contribution in [2.45, 2.75) is 0 Å². The monoisotopic (exact) mass is 329 g/mol. The summed E-state index contributed by atoms with van der Waals surface area (Å²) >= 11 is 1.51. The number of fused-ring (bicyclic) bond motifs is 1. The fraction of sp³-hybridized carbons (Fsp3) is 0.0667. The van der Waals surface area contributed by atoms with E-state index in [0.717, 1.165) is 4.88 Å². The molecule has 0 unspecified atom stereocenters. The summed E-state index contributed by atoms with van der Waals surface area (Å²) in [4.78, 5) is 32.2. The van der Waals surface area contributed by atoms with Crippen LogP contribution in [0.4, 0.5) is 0 Å². The second kappa shape index (κ2) is 6.01. The Kier molecular flexibility index (Phi) is 3.90. The minimum atomic E-state index is -1.18. The molecule has 7 nitrogen and oxygen atoms in total. The van der Waals surface area contributed by atoms with Crippen LogP contribution in [0.2, 0.25) is 0 Å². The molecule has 0 bridgehead atoms. The molecule has 0 aliphatic heterocycles. The number of carboxylic acids is 1. The molecule has 3 N–H and O–H groups in total. The molecule has 8 heteroatoms. The van der Waals surface area contributed by atoms with E-state index in [1.807, 2.05) is 17.5 Å². The summed E-state index contributed by atoms with van der Waals surface area (Å²) < 4.78 is 0. The van der Waals surface area contributed by atoms with E-state index < -0.39 is 18.4 Å². The Morgan fingerprint density at radius 3 is 2.78 bits per heavy atom. The van der Waals surface area contributed by atoms with Crippen molar-refractivity contribution < 1.29 is 19.8 Å². The lowest BCUT2D eigenvalue weighted by Crippen LogP contribution is -2.29. The molecule has 0 saturated carbocycles. The van der Waals surface area contributed by atoms with Crippen LogP contribution in [0.1, 0.15) is 10.4 Å². The molecule has 0 atom stereocenters. The number of phenols is 1. The van der Waals surface area contributed by atoms with Gasteiger partial charge in [-0.05, 0) is 23.6 Å². The number of aliphatic carboxylic acids is 1. The van der Waals surface area contributed by atoms with Crippen LogP contribution < -0.4 is 5.32 Å². The lowest BCUT2D eigenvalue weighted by molar-refractivity contribution is -0.135. The first kappa shape index (κ1) is 14.9. The van der Waals surface area contributed by atoms with Crippen LogP contribution in [-0.2, 0) is 4.79 Å². The van der Waals surface area contributed by atoms with Crippen LogP contribution in [-0.4, -0.2) is 38.6 Å². The highest BCUT2D eigenvalue weighted by Crippen LogP contribution is 2.28. The summed E-state index contributed by atoms with van der Waals surface area (Å²) in [5.74, 6) is -2.17. The van der Waals surface area contributed by atoms with Crippen LogP contribution in [0.15, 0.2) is 35.8 Å². The molecule has 2 heterocycles. The number of nitrogens with zero attached hydrogens (tertiary/aromatic N) is 2. The van der Waals surface area contributed by atoms with E-state index in [2.05, 4.69) is 15.3 Å². The maximum Gasteiger partial charge on any atom is 0.322 e. The molecule has 0 fully saturated rings. The number of nitrogens with one attached hydrogen (secondary N) is 1. The summed E-state index contributed by atoms with van der Waals surface area (Å²) in [7, 11) is 0. The van der Waals surface area contributed by atoms with Gasteiger partial charge < -0.3 is 15.5 Å². The molecular weight excluding hydrogens is 318 g/mol. The molecule has 0 spiro atoms. The zero-order chi connectivity index (χ0) is 16.4. The summed E-state index contributed by atoms with van der Waals surface area (Å²) in [6.45, 7) is -0.546. The van der Waals surface area contributed by atoms with Crippen LogP contribution in [0, 0.1) is 0 Å². The van der Waals surface area contributed by atoms with Crippen molar-refractivity contribution in [2.24, 2.45) is 0 Å². The van der Waals surface area contributed by atoms with E-state index >= 15 is 0 Å². The smallest absolute Gasteiger partial charge is 0.322 e. The van der Waals surface area contributed by atoms with Crippen LogP contribution in [0.5, 0.6) is 5.75 Å². The topological polar surface area (TPSA) is 112 Å². The zero-order valence-electron chi connectivity index (χ0n) is 11.7. The third kappa shape index (κ3) is 2.97. The van der Waals surface area contributed by atoms with Crippen LogP contribution >= 0.6 is 11.3 Å². The number of amides is 1. The number of aromatic nitrogens is 2. The lowest BCUT2D eigenvalue weighted by atomic mass is 10.1. The Hall–Kier alpha value is -3.00. The number of rotatable bonds is 4. The zero-order valence-corrected chi connectivity index (χ0v) is 12.5. The molecule has 0 saturated heterocycles. The van der Waals surface area contributed by atoms with Crippen molar-refractivity contribution in [2.75, 3.05) is 6.54 Å². The van der Waals surface area contributed by atoms with Crippen molar-refractivity contribution in [1.29, 1.82) is 0 Å². The molecule has 23 heavy (non-hydrogen) atoms. The summed E-state index contributed by atoms with van der Waals surface area (Å²) in [5.41, 5.74) is 1.23. The molecule has 116 valence electrons. The van der Waals surface area contributed by atoms with Gasteiger partial charge in [0, 0.05) is 0 Å². The highest BCUT2D eigenvalue weighted by molar-refractivity contribution is 7.13. The van der Waals surface area contributed by atoms with Crippen molar-refractivity contribution in [1.82, 2.24) is 15.3 Å². The van der Waals surface area contributed by atoms with Crippen molar-refractivity contribution >= 4 is 34.2 Å². The number of aromatic hydroxyl groups is 1. The van der Waals surface area contributed by atoms with E-state index in [-0.39, 0.29) is 16.8 Å². The molecule has 1 aromatic carbocycles. The van der Waals surface area contributed by atoms with Gasteiger partial charge in [-0.3, -0.25) is 14.6 Å². The molecule has 3 aromatic rings. The lowest BCUT2D eigenvalue weighted by Gasteiger charge is -2.08. The first-order chi connectivity index (χ1) is 11.1. The summed E-state index contributed by atoms with van der Waals surface area (Å²) in [6.07, 6.45) is 1.52. The average molecular weight is 329 g/mol. The Balaban J connectivity index is 2.06. The summed E-state index contributed by atoms with van der Waals surface area (Å²) in [6, 6.07) is 6.70. The SMILES string of the molecule is O=C(O)CNC(=O)c1c(O)ccc2nc(-c3cccs3)cnc12. The maximum atomic E-state index is 12.1. The predicted molar refractivity (Wildman–Crippen MR) is 84.5 cm³/mol. The van der Waals surface area contributed by atoms with Gasteiger partial charge in [-0.25, -0.2) is 4.98 Å². The van der Waals surface area contributed by atoms with Crippen LogP contribution in [0.25, 0.3) is 21.6 Å². The molecule has 0 radical (unpaired) electrons. The fourth-order valence-corrected chi connectivity index (χ4v) is 2.77. The Bertz CT molecular complexity index is 893. The second-order valence-corrected chi connectivity index (χ2v) is 5.58. The minimum Gasteiger partial charge on any atom is -0.507 e. The first-order valence-corrected chi connectivity index (χ1v) is 7.47. The molecule has 3 rings (SSSR count). The first-order valence-electron chi connectivity index (χ1n) is 6.59. The highest BCUT2D eigenvalue weighted by Gasteiger charge is 2.18. The van der Waals surface area contributed by atoms with Gasteiger partial charge in [-0.2, -0.15) is 0 Å². The number of thiophene rings is 1. The third-order valence-electron chi connectivity index (χ3n) is 3.09. The van der Waals surface area contributed by atoms with E-state index in [1.54, 1.807) is 6.07 Å². The highest BCUT2D eigenvalue weighted by atomic mass is 32.1. The van der Waals surface area contributed by atoms with Gasteiger partial charge in [0.15, 0.2) is 0 Å². The van der Waals surface area contributed by atoms with Crippen LogP contribution in [0.3, 0.4) is 0 Å². The van der Waals surface area contributed by atoms with E-state index in [9.17, 15) is 14.7 Å². The predicted octanol–water partition coefficient (Wildman–Crippen LogP) is 1.88. The average Bonchev–Trinajstić information content (AvgIpc) is 3.06. The molecule has 2 aromatic heterocycles. The van der Waals surface area contributed by atoms with E-state index in [1.165, 1.54) is 23.6 Å². The van der Waals surface area contributed by atoms with Gasteiger partial charge in [0.05, 0.1) is 22.3 Å². The number of hydrogen-bond donors (Lipinski definition) is 3. The number of carboxylic acid groups (broad SMARTS) is 1. The van der Waals surface area contributed by atoms with Crippen molar-refractivity contribution in [3.05, 3.63) is 41.4 Å². The van der Waals surface area contributed by atoms with Gasteiger partial charge >= 0.3 is 5.97 Å². The Labute approximate surface area is 134 Å². The largest absolute Gasteiger partial charge is 0.507 e. The number of hydrogen-bond acceptors (Lipinski definition) is 6. The maximum absolute atomic E-state index is 12.1. The van der Waals surface area contributed by atoms with E-state index in [0.29, 0.717) is 11.2 Å². The minimum absolute atomic E-state index is 0.0889. The summed E-state index contributed by atoms with van der Waals surface area (Å²) in [5, 5.41) is 22.7. The van der Waals surface area contributed by atoms with Gasteiger partial charge in [-0.1, -0.05) is 6.07 Å². The van der Waals surface area contributed by atoms with Gasteiger partial charge in [0.1, 0.15) is 23.4 Å². The Morgan fingerprint density at radius 1 is 1.26 bits per heavy atom. The van der Waals surface area contributed by atoms with Crippen molar-refractivity contribution in [3.63, 3.8) is 0 Å². The number of carbonyl (C=O) groups excluding carboxylic acids is 1. The standard InChI is InChI=1S/C15H11N3O4S/c19-10-4-3-8-14(13(10)15(22)17-7-12(20)21)16-6-9(18-8)11-2-1-5-23-11/h1-6,19H,7H2,(H,17,22)(H,20,21). The third-order valence-corrected chi connectivity index (χ3v) is 3.98. The number of carbonyl (C=O) groups is 2. The number of benzene rings is 1. The fourth-order valence-electron chi connectivity index (χ4n) is 2.09.